The number of aromatic nitrogens is 2. The molecular weight excluding hydrogens is 324 g/mol. The topological polar surface area (TPSA) is 90.6 Å². The molecule has 1 fully saturated rings. The van der Waals surface area contributed by atoms with Crippen LogP contribution < -0.4 is 9.64 Å². The Morgan fingerprint density at radius 2 is 1.92 bits per heavy atom. The summed E-state index contributed by atoms with van der Waals surface area (Å²) in [5.74, 6) is 1.71. The molecule has 0 atom stereocenters. The van der Waals surface area contributed by atoms with Crippen molar-refractivity contribution in [2.45, 2.75) is 25.9 Å². The number of rotatable bonds is 5. The van der Waals surface area contributed by atoms with Crippen molar-refractivity contribution in [3.63, 3.8) is 0 Å². The zero-order valence-corrected chi connectivity index (χ0v) is 14.2. The van der Waals surface area contributed by atoms with Crippen LogP contribution in [0.15, 0.2) is 30.6 Å². The van der Waals surface area contributed by atoms with Crippen LogP contribution in [-0.4, -0.2) is 41.2 Å². The number of ether oxygens (including phenoxy) is 2. The molecule has 1 aliphatic heterocycles. The summed E-state index contributed by atoms with van der Waals surface area (Å²) in [7, 11) is 1.74. The zero-order valence-electron chi connectivity index (χ0n) is 14.2. The van der Waals surface area contributed by atoms with Gasteiger partial charge in [0.05, 0.1) is 23.4 Å². The van der Waals surface area contributed by atoms with E-state index in [9.17, 15) is 10.1 Å². The van der Waals surface area contributed by atoms with Crippen molar-refractivity contribution in [1.29, 1.82) is 0 Å². The SMILES string of the molecule is COC1CCN(c2ncc(Oc3ccc([N+](=O)[O-])cc3C)cn2)CC1. The molecule has 1 aromatic carbocycles. The highest BCUT2D eigenvalue weighted by molar-refractivity contribution is 5.44. The van der Waals surface area contributed by atoms with E-state index in [1.54, 1.807) is 32.5 Å². The van der Waals surface area contributed by atoms with Gasteiger partial charge in [0.25, 0.3) is 5.69 Å². The molecule has 0 saturated carbocycles. The fourth-order valence-corrected chi connectivity index (χ4v) is 2.81. The second-order valence-electron chi connectivity index (χ2n) is 5.95. The summed E-state index contributed by atoms with van der Waals surface area (Å²) in [5.41, 5.74) is 0.718. The predicted molar refractivity (Wildman–Crippen MR) is 92.2 cm³/mol. The van der Waals surface area contributed by atoms with E-state index >= 15 is 0 Å². The van der Waals surface area contributed by atoms with Crippen LogP contribution in [0.3, 0.4) is 0 Å². The van der Waals surface area contributed by atoms with Gasteiger partial charge in [-0.15, -0.1) is 0 Å². The van der Waals surface area contributed by atoms with E-state index in [4.69, 9.17) is 9.47 Å². The van der Waals surface area contributed by atoms with Gasteiger partial charge in [-0.3, -0.25) is 10.1 Å². The van der Waals surface area contributed by atoms with Gasteiger partial charge in [-0.05, 0) is 31.4 Å². The molecule has 8 heteroatoms. The lowest BCUT2D eigenvalue weighted by Crippen LogP contribution is -2.37. The Labute approximate surface area is 145 Å². The van der Waals surface area contributed by atoms with Crippen LogP contribution in [0, 0.1) is 17.0 Å². The predicted octanol–water partition coefficient (Wildman–Crippen LogP) is 3.10. The first kappa shape index (κ1) is 17.1. The molecule has 0 unspecified atom stereocenters. The summed E-state index contributed by atoms with van der Waals surface area (Å²) in [6.45, 7) is 3.48. The summed E-state index contributed by atoms with van der Waals surface area (Å²) in [6, 6.07) is 4.47. The lowest BCUT2D eigenvalue weighted by molar-refractivity contribution is -0.384. The van der Waals surface area contributed by atoms with Gasteiger partial charge in [0.15, 0.2) is 5.75 Å². The zero-order chi connectivity index (χ0) is 17.8. The fourth-order valence-electron chi connectivity index (χ4n) is 2.81. The Balaban J connectivity index is 1.66. The van der Waals surface area contributed by atoms with Crippen molar-refractivity contribution in [2.24, 2.45) is 0 Å². The quantitative estimate of drug-likeness (QED) is 0.608. The maximum Gasteiger partial charge on any atom is 0.269 e. The fraction of sp³-hybridized carbons (Fsp3) is 0.412. The molecule has 2 heterocycles. The minimum atomic E-state index is -0.429. The first-order chi connectivity index (χ1) is 12.1. The third-order valence-corrected chi connectivity index (χ3v) is 4.27. The number of nitro benzene ring substituents is 1. The standard InChI is InChI=1S/C17H20N4O4/c1-12-9-13(21(22)23)3-4-16(12)25-15-10-18-17(19-11-15)20-7-5-14(24-2)6-8-20/h3-4,9-11,14H,5-8H2,1-2H3. The maximum atomic E-state index is 10.8. The van der Waals surface area contributed by atoms with Crippen molar-refractivity contribution in [2.75, 3.05) is 25.1 Å². The number of benzene rings is 1. The molecule has 2 aromatic rings. The highest BCUT2D eigenvalue weighted by Gasteiger charge is 2.20. The number of nitro groups is 1. The van der Waals surface area contributed by atoms with Gasteiger partial charge >= 0.3 is 0 Å². The van der Waals surface area contributed by atoms with E-state index in [2.05, 4.69) is 14.9 Å². The number of nitrogens with zero attached hydrogens (tertiary/aromatic N) is 4. The summed E-state index contributed by atoms with van der Waals surface area (Å²) in [6.07, 6.45) is 5.46. The van der Waals surface area contributed by atoms with E-state index in [1.807, 2.05) is 0 Å². The minimum Gasteiger partial charge on any atom is -0.454 e. The Morgan fingerprint density at radius 1 is 1.24 bits per heavy atom. The average molecular weight is 344 g/mol. The number of aryl methyl sites for hydroxylation is 1. The maximum absolute atomic E-state index is 10.8. The second kappa shape index (κ2) is 7.43. The summed E-state index contributed by atoms with van der Waals surface area (Å²) in [5, 5.41) is 10.8. The highest BCUT2D eigenvalue weighted by Crippen LogP contribution is 2.28. The molecule has 0 radical (unpaired) electrons. The van der Waals surface area contributed by atoms with Crippen LogP contribution in [0.1, 0.15) is 18.4 Å². The van der Waals surface area contributed by atoms with Crippen molar-refractivity contribution >= 4 is 11.6 Å². The molecule has 0 spiro atoms. The summed E-state index contributed by atoms with van der Waals surface area (Å²) >= 11 is 0. The van der Waals surface area contributed by atoms with E-state index < -0.39 is 4.92 Å². The van der Waals surface area contributed by atoms with E-state index in [0.29, 0.717) is 29.1 Å². The van der Waals surface area contributed by atoms with Crippen molar-refractivity contribution in [1.82, 2.24) is 9.97 Å². The number of methoxy groups -OCH3 is 1. The first-order valence-corrected chi connectivity index (χ1v) is 8.09. The Kier molecular flexibility index (Phi) is 5.08. The number of hydrogen-bond donors (Lipinski definition) is 0. The Bertz CT molecular complexity index is 743. The minimum absolute atomic E-state index is 0.0379. The average Bonchev–Trinajstić information content (AvgIpc) is 2.64. The molecule has 0 N–H and O–H groups in total. The van der Waals surface area contributed by atoms with Crippen LogP contribution in [0.5, 0.6) is 11.5 Å². The largest absolute Gasteiger partial charge is 0.454 e. The van der Waals surface area contributed by atoms with E-state index in [-0.39, 0.29) is 5.69 Å². The highest BCUT2D eigenvalue weighted by atomic mass is 16.6. The first-order valence-electron chi connectivity index (χ1n) is 8.09. The molecule has 1 aliphatic rings. The third kappa shape index (κ3) is 4.03. The van der Waals surface area contributed by atoms with Crippen LogP contribution >= 0.6 is 0 Å². The van der Waals surface area contributed by atoms with Crippen molar-refractivity contribution in [3.05, 3.63) is 46.3 Å². The molecule has 1 aromatic heterocycles. The lowest BCUT2D eigenvalue weighted by atomic mass is 10.1. The lowest BCUT2D eigenvalue weighted by Gasteiger charge is -2.31. The molecular formula is C17H20N4O4. The molecule has 8 nitrogen and oxygen atoms in total. The smallest absolute Gasteiger partial charge is 0.269 e. The van der Waals surface area contributed by atoms with Gasteiger partial charge < -0.3 is 14.4 Å². The molecule has 132 valence electrons. The van der Waals surface area contributed by atoms with Crippen LogP contribution in [-0.2, 0) is 4.74 Å². The molecule has 0 aliphatic carbocycles. The monoisotopic (exact) mass is 344 g/mol. The molecule has 1 saturated heterocycles. The second-order valence-corrected chi connectivity index (χ2v) is 5.95. The summed E-state index contributed by atoms with van der Waals surface area (Å²) < 4.78 is 11.1. The number of piperidine rings is 1. The van der Waals surface area contributed by atoms with Gasteiger partial charge in [0.1, 0.15) is 5.75 Å². The Morgan fingerprint density at radius 3 is 2.48 bits per heavy atom. The summed E-state index contributed by atoms with van der Waals surface area (Å²) in [4.78, 5) is 21.2. The van der Waals surface area contributed by atoms with E-state index in [1.165, 1.54) is 12.1 Å². The van der Waals surface area contributed by atoms with Gasteiger partial charge in [0, 0.05) is 32.3 Å². The van der Waals surface area contributed by atoms with Gasteiger partial charge in [0.2, 0.25) is 5.95 Å². The van der Waals surface area contributed by atoms with Crippen LogP contribution in [0.25, 0.3) is 0 Å². The van der Waals surface area contributed by atoms with Crippen molar-refractivity contribution < 1.29 is 14.4 Å². The molecule has 3 rings (SSSR count). The molecule has 25 heavy (non-hydrogen) atoms. The van der Waals surface area contributed by atoms with Crippen LogP contribution in [0.4, 0.5) is 11.6 Å². The number of anilines is 1. The number of hydrogen-bond acceptors (Lipinski definition) is 7. The third-order valence-electron chi connectivity index (χ3n) is 4.27. The molecule has 0 bridgehead atoms. The Hall–Kier alpha value is -2.74. The number of non-ortho nitro benzene ring substituents is 1. The van der Waals surface area contributed by atoms with Gasteiger partial charge in [-0.2, -0.15) is 0 Å². The molecule has 0 amide bonds. The van der Waals surface area contributed by atoms with Crippen LogP contribution in [0.2, 0.25) is 0 Å². The van der Waals surface area contributed by atoms with Crippen molar-refractivity contribution in [3.8, 4) is 11.5 Å². The normalized spacial score (nSPS) is 15.2. The van der Waals surface area contributed by atoms with E-state index in [0.717, 1.165) is 25.9 Å². The van der Waals surface area contributed by atoms with Gasteiger partial charge in [-0.1, -0.05) is 0 Å². The van der Waals surface area contributed by atoms with Gasteiger partial charge in [-0.25, -0.2) is 9.97 Å².